The van der Waals surface area contributed by atoms with E-state index in [0.717, 1.165) is 18.4 Å². The Balaban J connectivity index is 1.99. The second kappa shape index (κ2) is 5.94. The third-order valence-electron chi connectivity index (χ3n) is 4.19. The molecular formula is C17H22F2O. The van der Waals surface area contributed by atoms with Crippen LogP contribution in [0.4, 0.5) is 8.78 Å². The molecule has 3 heteroatoms. The first kappa shape index (κ1) is 15.0. The van der Waals surface area contributed by atoms with Gasteiger partial charge in [-0.3, -0.25) is 0 Å². The normalized spacial score (nSPS) is 24.0. The fourth-order valence-electron chi connectivity index (χ4n) is 2.69. The van der Waals surface area contributed by atoms with Gasteiger partial charge in [-0.15, -0.1) is 0 Å². The van der Waals surface area contributed by atoms with Crippen molar-refractivity contribution in [3.05, 3.63) is 46.8 Å². The van der Waals surface area contributed by atoms with Crippen LogP contribution >= 0.6 is 0 Å². The summed E-state index contributed by atoms with van der Waals surface area (Å²) in [6.07, 6.45) is 10.1. The molecule has 0 radical (unpaired) electrons. The number of aliphatic hydroxyl groups is 1. The molecule has 0 unspecified atom stereocenters. The number of alkyl halides is 2. The van der Waals surface area contributed by atoms with Gasteiger partial charge in [0.05, 0.1) is 5.76 Å². The summed E-state index contributed by atoms with van der Waals surface area (Å²) in [4.78, 5) is 0. The molecule has 2 rings (SSSR count). The van der Waals surface area contributed by atoms with Crippen LogP contribution in [0.1, 0.15) is 46.0 Å². The summed E-state index contributed by atoms with van der Waals surface area (Å²) in [5.41, 5.74) is 3.51. The Labute approximate surface area is 119 Å². The molecule has 1 nitrogen and oxygen atoms in total. The summed E-state index contributed by atoms with van der Waals surface area (Å²) in [6, 6.07) is 0. The summed E-state index contributed by atoms with van der Waals surface area (Å²) < 4.78 is 25.8. The van der Waals surface area contributed by atoms with Crippen LogP contribution < -0.4 is 0 Å². The number of hydrogen-bond donors (Lipinski definition) is 1. The molecule has 0 heterocycles. The molecule has 0 atom stereocenters. The monoisotopic (exact) mass is 280 g/mol. The number of halogens is 2. The average Bonchev–Trinajstić information content (AvgIpc) is 2.41. The van der Waals surface area contributed by atoms with Crippen LogP contribution in [0.25, 0.3) is 0 Å². The molecule has 0 aromatic carbocycles. The number of aliphatic hydroxyl groups excluding tert-OH is 1. The molecule has 2 aliphatic rings. The lowest BCUT2D eigenvalue weighted by atomic mass is 9.73. The molecule has 0 bridgehead atoms. The molecule has 0 aromatic heterocycles. The van der Waals surface area contributed by atoms with Crippen molar-refractivity contribution in [2.75, 3.05) is 0 Å². The number of allylic oxidation sites excluding steroid dienone is 8. The topological polar surface area (TPSA) is 20.2 Å². The van der Waals surface area contributed by atoms with Gasteiger partial charge in [-0.2, -0.15) is 0 Å². The molecule has 0 aromatic rings. The zero-order valence-electron chi connectivity index (χ0n) is 12.1. The third-order valence-corrected chi connectivity index (χ3v) is 4.19. The van der Waals surface area contributed by atoms with Crippen molar-refractivity contribution < 1.29 is 13.9 Å². The van der Waals surface area contributed by atoms with Crippen molar-refractivity contribution in [2.45, 2.75) is 51.9 Å². The van der Waals surface area contributed by atoms with Crippen LogP contribution in [0.15, 0.2) is 46.8 Å². The molecule has 1 fully saturated rings. The van der Waals surface area contributed by atoms with Crippen molar-refractivity contribution in [1.82, 2.24) is 0 Å². The third kappa shape index (κ3) is 3.59. The smallest absolute Gasteiger partial charge is 0.249 e. The zero-order valence-corrected chi connectivity index (χ0v) is 12.1. The van der Waals surface area contributed by atoms with E-state index in [0.29, 0.717) is 12.2 Å². The fraction of sp³-hybridized carbons (Fsp3) is 0.529. The van der Waals surface area contributed by atoms with Crippen LogP contribution in [0.2, 0.25) is 0 Å². The maximum absolute atomic E-state index is 12.9. The summed E-state index contributed by atoms with van der Waals surface area (Å²) in [5.74, 6) is -1.99. The quantitative estimate of drug-likeness (QED) is 0.534. The Hall–Kier alpha value is -1.38. The molecule has 2 aliphatic carbocycles. The maximum atomic E-state index is 12.9. The molecule has 110 valence electrons. The van der Waals surface area contributed by atoms with Gasteiger partial charge < -0.3 is 5.11 Å². The fourth-order valence-corrected chi connectivity index (χ4v) is 2.69. The van der Waals surface area contributed by atoms with Crippen LogP contribution in [0.5, 0.6) is 0 Å². The van der Waals surface area contributed by atoms with Crippen LogP contribution in [-0.2, 0) is 0 Å². The first-order chi connectivity index (χ1) is 9.41. The van der Waals surface area contributed by atoms with Gasteiger partial charge in [0.15, 0.2) is 0 Å². The van der Waals surface area contributed by atoms with E-state index in [1.807, 2.05) is 32.1 Å². The first-order valence-corrected chi connectivity index (χ1v) is 7.25. The van der Waals surface area contributed by atoms with Gasteiger partial charge in [0, 0.05) is 19.3 Å². The standard InChI is InChI=1S/C17H22F2O/c1-3-16(20)9-4-12(2)13-5-7-14(8-6-13)15-10-17(18,19)11-15/h4-5,7,9,15,20H,3,6,8,10-11H2,1-2H3/b12-4+,16-9+. The highest BCUT2D eigenvalue weighted by Crippen LogP contribution is 2.48. The lowest BCUT2D eigenvalue weighted by molar-refractivity contribution is -0.1000. The second-order valence-corrected chi connectivity index (χ2v) is 5.76. The van der Waals surface area contributed by atoms with Gasteiger partial charge in [-0.05, 0) is 42.9 Å². The Kier molecular flexibility index (Phi) is 4.46. The minimum absolute atomic E-state index is 0.0178. The Bertz CT molecular complexity index is 487. The van der Waals surface area contributed by atoms with E-state index in [2.05, 4.69) is 0 Å². The minimum Gasteiger partial charge on any atom is -0.512 e. The van der Waals surface area contributed by atoms with Crippen LogP contribution in [0, 0.1) is 5.92 Å². The average molecular weight is 280 g/mol. The predicted molar refractivity (Wildman–Crippen MR) is 77.8 cm³/mol. The Morgan fingerprint density at radius 3 is 2.50 bits per heavy atom. The van der Waals surface area contributed by atoms with Crippen molar-refractivity contribution >= 4 is 0 Å². The van der Waals surface area contributed by atoms with Crippen molar-refractivity contribution in [1.29, 1.82) is 0 Å². The summed E-state index contributed by atoms with van der Waals surface area (Å²) >= 11 is 0. The second-order valence-electron chi connectivity index (χ2n) is 5.76. The predicted octanol–water partition coefficient (Wildman–Crippen LogP) is 5.48. The molecular weight excluding hydrogens is 258 g/mol. The van der Waals surface area contributed by atoms with E-state index in [1.54, 1.807) is 6.08 Å². The van der Waals surface area contributed by atoms with Gasteiger partial charge >= 0.3 is 0 Å². The summed E-state index contributed by atoms with van der Waals surface area (Å²) in [7, 11) is 0. The van der Waals surface area contributed by atoms with Crippen molar-refractivity contribution in [2.24, 2.45) is 5.92 Å². The highest BCUT2D eigenvalue weighted by molar-refractivity contribution is 5.39. The summed E-state index contributed by atoms with van der Waals surface area (Å²) in [6.45, 7) is 3.92. The Morgan fingerprint density at radius 2 is 2.00 bits per heavy atom. The largest absolute Gasteiger partial charge is 0.512 e. The van der Waals surface area contributed by atoms with Crippen LogP contribution in [0.3, 0.4) is 0 Å². The van der Waals surface area contributed by atoms with E-state index in [4.69, 9.17) is 0 Å². The molecule has 0 spiro atoms. The molecule has 1 saturated carbocycles. The molecule has 0 amide bonds. The molecule has 0 aliphatic heterocycles. The molecule has 1 N–H and O–H groups in total. The Morgan fingerprint density at radius 1 is 1.30 bits per heavy atom. The van der Waals surface area contributed by atoms with Gasteiger partial charge in [-0.25, -0.2) is 8.78 Å². The molecule has 20 heavy (non-hydrogen) atoms. The highest BCUT2D eigenvalue weighted by atomic mass is 19.3. The minimum atomic E-state index is -2.44. The van der Waals surface area contributed by atoms with Crippen LogP contribution in [-0.4, -0.2) is 11.0 Å². The zero-order chi connectivity index (χ0) is 14.8. The molecule has 0 saturated heterocycles. The maximum Gasteiger partial charge on any atom is 0.249 e. The van der Waals surface area contributed by atoms with E-state index >= 15 is 0 Å². The van der Waals surface area contributed by atoms with E-state index < -0.39 is 5.92 Å². The SMILES string of the molecule is CC/C(O)=C\C=C(/C)C1=CC=C(C2CC(F)(F)C2)CC1. The summed E-state index contributed by atoms with van der Waals surface area (Å²) in [5, 5.41) is 9.42. The lowest BCUT2D eigenvalue weighted by Gasteiger charge is -2.37. The van der Waals surface area contributed by atoms with Crippen molar-refractivity contribution in [3.8, 4) is 0 Å². The van der Waals surface area contributed by atoms with Crippen molar-refractivity contribution in [3.63, 3.8) is 0 Å². The lowest BCUT2D eigenvalue weighted by Crippen LogP contribution is -2.36. The highest BCUT2D eigenvalue weighted by Gasteiger charge is 2.46. The van der Waals surface area contributed by atoms with Gasteiger partial charge in [0.2, 0.25) is 5.92 Å². The van der Waals surface area contributed by atoms with Gasteiger partial charge in [0.25, 0.3) is 0 Å². The van der Waals surface area contributed by atoms with E-state index in [1.165, 1.54) is 11.1 Å². The number of hydrogen-bond acceptors (Lipinski definition) is 1. The number of rotatable bonds is 4. The van der Waals surface area contributed by atoms with E-state index in [-0.39, 0.29) is 18.8 Å². The van der Waals surface area contributed by atoms with Gasteiger partial charge in [0.1, 0.15) is 0 Å². The first-order valence-electron chi connectivity index (χ1n) is 7.25. The van der Waals surface area contributed by atoms with Gasteiger partial charge in [-0.1, -0.05) is 30.7 Å². The van der Waals surface area contributed by atoms with E-state index in [9.17, 15) is 13.9 Å².